The van der Waals surface area contributed by atoms with Crippen molar-refractivity contribution in [2.24, 2.45) is 7.05 Å². The lowest BCUT2D eigenvalue weighted by molar-refractivity contribution is -0.141. The molecule has 21 heavy (non-hydrogen) atoms. The third kappa shape index (κ3) is 3.15. The Kier molecular flexibility index (Phi) is 3.63. The summed E-state index contributed by atoms with van der Waals surface area (Å²) in [6, 6.07) is 4.42. The zero-order chi connectivity index (χ0) is 15.8. The van der Waals surface area contributed by atoms with Crippen LogP contribution in [0.25, 0.3) is 0 Å². The van der Waals surface area contributed by atoms with Crippen LogP contribution < -0.4 is 5.32 Å². The monoisotopic (exact) mass is 299 g/mol. The zero-order valence-electron chi connectivity index (χ0n) is 11.2. The first-order valence-corrected chi connectivity index (χ1v) is 5.90. The number of halogens is 3. The van der Waals surface area contributed by atoms with E-state index in [1.807, 2.05) is 0 Å². The molecule has 1 amide bonds. The number of aromatic nitrogens is 2. The number of alkyl halides is 3. The van der Waals surface area contributed by atoms with E-state index in [9.17, 15) is 23.1 Å². The predicted octanol–water partition coefficient (Wildman–Crippen LogP) is 2.71. The molecule has 0 spiro atoms. The molecule has 0 fully saturated rings. The molecule has 0 aliphatic heterocycles. The van der Waals surface area contributed by atoms with Crippen molar-refractivity contribution in [1.29, 1.82) is 0 Å². The van der Waals surface area contributed by atoms with Gasteiger partial charge in [0.05, 0.1) is 11.3 Å². The number of phenolic OH excluding ortho intramolecular Hbond substituents is 1. The van der Waals surface area contributed by atoms with Crippen molar-refractivity contribution in [3.05, 3.63) is 41.2 Å². The van der Waals surface area contributed by atoms with Crippen molar-refractivity contribution in [3.8, 4) is 5.75 Å². The summed E-state index contributed by atoms with van der Waals surface area (Å²) < 4.78 is 39.3. The fourth-order valence-electron chi connectivity index (χ4n) is 1.80. The highest BCUT2D eigenvalue weighted by Crippen LogP contribution is 2.31. The molecular weight excluding hydrogens is 287 g/mol. The Labute approximate surface area is 118 Å². The van der Waals surface area contributed by atoms with Crippen LogP contribution in [0.5, 0.6) is 5.75 Å². The summed E-state index contributed by atoms with van der Waals surface area (Å²) in [5.41, 5.74) is -1.09. The standard InChI is InChI=1S/C13H12F3N3O2/c1-7-3-4-9(10(20)5-7)17-12(21)8-6-19(2)18-11(8)13(14,15)16/h3-6,20H,1-2H3,(H,17,21). The number of nitrogens with zero attached hydrogens (tertiary/aromatic N) is 2. The third-order valence-electron chi connectivity index (χ3n) is 2.74. The fraction of sp³-hybridized carbons (Fsp3) is 0.231. The molecule has 1 heterocycles. The molecule has 1 aromatic heterocycles. The van der Waals surface area contributed by atoms with Gasteiger partial charge in [0.1, 0.15) is 5.75 Å². The molecule has 0 unspecified atom stereocenters. The van der Waals surface area contributed by atoms with E-state index in [-0.39, 0.29) is 11.4 Å². The van der Waals surface area contributed by atoms with Crippen molar-refractivity contribution in [2.75, 3.05) is 5.32 Å². The molecule has 0 aliphatic carbocycles. The molecule has 0 bridgehead atoms. The van der Waals surface area contributed by atoms with Gasteiger partial charge in [-0.1, -0.05) is 6.07 Å². The van der Waals surface area contributed by atoms with Crippen molar-refractivity contribution in [2.45, 2.75) is 13.1 Å². The molecular formula is C13H12F3N3O2. The van der Waals surface area contributed by atoms with E-state index in [1.54, 1.807) is 13.0 Å². The Bertz CT molecular complexity index is 692. The topological polar surface area (TPSA) is 67.2 Å². The maximum atomic E-state index is 12.8. The second-order valence-corrected chi connectivity index (χ2v) is 4.54. The summed E-state index contributed by atoms with van der Waals surface area (Å²) in [6.45, 7) is 1.73. The van der Waals surface area contributed by atoms with E-state index in [0.717, 1.165) is 16.4 Å². The Morgan fingerprint density at radius 1 is 1.38 bits per heavy atom. The number of benzene rings is 1. The lowest BCUT2D eigenvalue weighted by atomic mass is 10.2. The van der Waals surface area contributed by atoms with Crippen LogP contribution in [0.15, 0.2) is 24.4 Å². The van der Waals surface area contributed by atoms with E-state index in [1.165, 1.54) is 19.2 Å². The Balaban J connectivity index is 2.33. The van der Waals surface area contributed by atoms with Crippen LogP contribution in [0.4, 0.5) is 18.9 Å². The molecule has 0 aliphatic rings. The second kappa shape index (κ2) is 5.12. The number of carbonyl (C=O) groups is 1. The molecule has 2 rings (SSSR count). The van der Waals surface area contributed by atoms with Crippen LogP contribution in [-0.4, -0.2) is 20.8 Å². The van der Waals surface area contributed by atoms with Gasteiger partial charge in [-0.3, -0.25) is 9.48 Å². The first-order valence-electron chi connectivity index (χ1n) is 5.90. The van der Waals surface area contributed by atoms with E-state index in [0.29, 0.717) is 0 Å². The van der Waals surface area contributed by atoms with Gasteiger partial charge in [-0.2, -0.15) is 18.3 Å². The van der Waals surface area contributed by atoms with Crippen LogP contribution >= 0.6 is 0 Å². The lowest BCUT2D eigenvalue weighted by Crippen LogP contribution is -2.17. The SMILES string of the molecule is Cc1ccc(NC(=O)c2cn(C)nc2C(F)(F)F)c(O)c1. The molecule has 2 aromatic rings. The van der Waals surface area contributed by atoms with Gasteiger partial charge in [0, 0.05) is 13.2 Å². The van der Waals surface area contributed by atoms with Crippen LogP contribution in [0, 0.1) is 6.92 Å². The molecule has 0 atom stereocenters. The van der Waals surface area contributed by atoms with Crippen LogP contribution in [0.3, 0.4) is 0 Å². The Hall–Kier alpha value is -2.51. The number of anilines is 1. The average Bonchev–Trinajstić information content (AvgIpc) is 2.75. The minimum Gasteiger partial charge on any atom is -0.506 e. The van der Waals surface area contributed by atoms with Crippen molar-refractivity contribution >= 4 is 11.6 Å². The highest BCUT2D eigenvalue weighted by Gasteiger charge is 2.39. The van der Waals surface area contributed by atoms with E-state index in [2.05, 4.69) is 10.4 Å². The molecule has 112 valence electrons. The quantitative estimate of drug-likeness (QED) is 0.838. The summed E-state index contributed by atoms with van der Waals surface area (Å²) in [6.07, 6.45) is -3.76. The highest BCUT2D eigenvalue weighted by atomic mass is 19.4. The largest absolute Gasteiger partial charge is 0.506 e. The molecule has 0 radical (unpaired) electrons. The van der Waals surface area contributed by atoms with E-state index >= 15 is 0 Å². The van der Waals surface area contributed by atoms with E-state index < -0.39 is 23.3 Å². The van der Waals surface area contributed by atoms with Gasteiger partial charge in [-0.25, -0.2) is 0 Å². The van der Waals surface area contributed by atoms with Crippen molar-refractivity contribution in [1.82, 2.24) is 9.78 Å². The third-order valence-corrected chi connectivity index (χ3v) is 2.74. The zero-order valence-corrected chi connectivity index (χ0v) is 11.2. The number of hydrogen-bond donors (Lipinski definition) is 2. The molecule has 0 saturated heterocycles. The minimum absolute atomic E-state index is 0.0302. The molecule has 0 saturated carbocycles. The number of amides is 1. The number of nitrogens with one attached hydrogen (secondary N) is 1. The second-order valence-electron chi connectivity index (χ2n) is 4.54. The summed E-state index contributed by atoms with van der Waals surface area (Å²) >= 11 is 0. The summed E-state index contributed by atoms with van der Waals surface area (Å²) in [7, 11) is 1.29. The predicted molar refractivity (Wildman–Crippen MR) is 69.0 cm³/mol. The first-order chi connectivity index (χ1) is 9.68. The Morgan fingerprint density at radius 3 is 2.62 bits per heavy atom. The molecule has 1 aromatic carbocycles. The van der Waals surface area contributed by atoms with Crippen molar-refractivity contribution in [3.63, 3.8) is 0 Å². The van der Waals surface area contributed by atoms with Crippen LogP contribution in [0.2, 0.25) is 0 Å². The van der Waals surface area contributed by atoms with Crippen molar-refractivity contribution < 1.29 is 23.1 Å². The number of aromatic hydroxyl groups is 1. The number of carbonyl (C=O) groups excluding carboxylic acids is 1. The van der Waals surface area contributed by atoms with Gasteiger partial charge in [-0.05, 0) is 24.6 Å². The van der Waals surface area contributed by atoms with E-state index in [4.69, 9.17) is 0 Å². The summed E-state index contributed by atoms with van der Waals surface area (Å²) in [4.78, 5) is 12.0. The number of rotatable bonds is 2. The summed E-state index contributed by atoms with van der Waals surface area (Å²) in [5.74, 6) is -1.21. The molecule has 2 N–H and O–H groups in total. The molecule has 8 heteroatoms. The van der Waals surface area contributed by atoms with Gasteiger partial charge in [0.2, 0.25) is 0 Å². The lowest BCUT2D eigenvalue weighted by Gasteiger charge is -2.09. The fourth-order valence-corrected chi connectivity index (χ4v) is 1.80. The van der Waals surface area contributed by atoms with Crippen LogP contribution in [0.1, 0.15) is 21.6 Å². The average molecular weight is 299 g/mol. The smallest absolute Gasteiger partial charge is 0.435 e. The van der Waals surface area contributed by atoms with Crippen LogP contribution in [-0.2, 0) is 13.2 Å². The molecule has 5 nitrogen and oxygen atoms in total. The minimum atomic E-state index is -4.73. The summed E-state index contributed by atoms with van der Waals surface area (Å²) in [5, 5.41) is 15.2. The van der Waals surface area contributed by atoms with Gasteiger partial charge in [0.25, 0.3) is 5.91 Å². The normalized spacial score (nSPS) is 11.5. The van der Waals surface area contributed by atoms with Gasteiger partial charge in [0.15, 0.2) is 5.69 Å². The maximum absolute atomic E-state index is 12.8. The van der Waals surface area contributed by atoms with Gasteiger partial charge in [-0.15, -0.1) is 0 Å². The maximum Gasteiger partial charge on any atom is 0.435 e. The van der Waals surface area contributed by atoms with Gasteiger partial charge < -0.3 is 10.4 Å². The highest BCUT2D eigenvalue weighted by molar-refractivity contribution is 6.05. The first kappa shape index (κ1) is 14.9. The van der Waals surface area contributed by atoms with Gasteiger partial charge >= 0.3 is 6.18 Å². The number of hydrogen-bond acceptors (Lipinski definition) is 3. The number of phenols is 1. The Morgan fingerprint density at radius 2 is 2.05 bits per heavy atom. The number of aryl methyl sites for hydroxylation is 2.